The number of hydrogen-bond acceptors (Lipinski definition) is 4. The molecule has 0 fully saturated rings. The number of fused-ring (bicyclic) bond motifs is 1. The van der Waals surface area contributed by atoms with Gasteiger partial charge in [-0.25, -0.2) is 4.98 Å². The minimum atomic E-state index is -0.646. The maximum absolute atomic E-state index is 12.5. The summed E-state index contributed by atoms with van der Waals surface area (Å²) >= 11 is 6.06. The molecule has 124 valence electrons. The molecule has 0 radical (unpaired) electrons. The SMILES string of the molecule is CC(=O)Nc1cc(Cl)c(=O)n(C2=CC(C)(C)Oc3ncccc32)c1. The van der Waals surface area contributed by atoms with Crippen LogP contribution in [0.1, 0.15) is 26.3 Å². The van der Waals surface area contributed by atoms with E-state index in [4.69, 9.17) is 16.3 Å². The number of carbonyl (C=O) groups excluding carboxylic acids is 1. The molecule has 1 amide bonds. The molecule has 0 spiro atoms. The van der Waals surface area contributed by atoms with Crippen molar-refractivity contribution in [2.75, 3.05) is 5.32 Å². The lowest BCUT2D eigenvalue weighted by atomic mass is 10.0. The van der Waals surface area contributed by atoms with Crippen molar-refractivity contribution in [2.45, 2.75) is 26.4 Å². The van der Waals surface area contributed by atoms with E-state index in [0.717, 1.165) is 0 Å². The van der Waals surface area contributed by atoms with Gasteiger partial charge in [-0.3, -0.25) is 14.2 Å². The minimum absolute atomic E-state index is 0.0110. The van der Waals surface area contributed by atoms with Crippen molar-refractivity contribution in [2.24, 2.45) is 0 Å². The fourth-order valence-corrected chi connectivity index (χ4v) is 2.76. The maximum atomic E-state index is 12.5. The van der Waals surface area contributed by atoms with Gasteiger partial charge in [-0.15, -0.1) is 0 Å². The van der Waals surface area contributed by atoms with Gasteiger partial charge >= 0.3 is 0 Å². The molecular formula is C17H16ClN3O3. The first kappa shape index (κ1) is 16.3. The summed E-state index contributed by atoms with van der Waals surface area (Å²) in [6.07, 6.45) is 4.99. The highest BCUT2D eigenvalue weighted by Gasteiger charge is 2.29. The predicted octanol–water partition coefficient (Wildman–Crippen LogP) is 2.92. The highest BCUT2D eigenvalue weighted by atomic mass is 35.5. The van der Waals surface area contributed by atoms with E-state index in [1.54, 1.807) is 18.5 Å². The number of nitrogens with zero attached hydrogens (tertiary/aromatic N) is 2. The van der Waals surface area contributed by atoms with Crippen LogP contribution in [0.5, 0.6) is 5.88 Å². The molecule has 0 aliphatic carbocycles. The minimum Gasteiger partial charge on any atom is -0.467 e. The molecule has 1 aliphatic rings. The van der Waals surface area contributed by atoms with E-state index >= 15 is 0 Å². The third kappa shape index (κ3) is 3.05. The zero-order chi connectivity index (χ0) is 17.5. The lowest BCUT2D eigenvalue weighted by Crippen LogP contribution is -2.33. The van der Waals surface area contributed by atoms with Gasteiger partial charge in [-0.05, 0) is 38.1 Å². The molecule has 1 aliphatic heterocycles. The Labute approximate surface area is 143 Å². The number of nitrogens with one attached hydrogen (secondary N) is 1. The van der Waals surface area contributed by atoms with Crippen LogP contribution in [0.15, 0.2) is 41.5 Å². The number of rotatable bonds is 2. The number of carbonyl (C=O) groups is 1. The van der Waals surface area contributed by atoms with Gasteiger partial charge in [0, 0.05) is 19.3 Å². The molecule has 3 heterocycles. The fourth-order valence-electron chi connectivity index (χ4n) is 2.55. The molecular weight excluding hydrogens is 330 g/mol. The van der Waals surface area contributed by atoms with E-state index < -0.39 is 5.60 Å². The molecule has 0 atom stereocenters. The van der Waals surface area contributed by atoms with Gasteiger partial charge in [0.25, 0.3) is 5.56 Å². The maximum Gasteiger partial charge on any atom is 0.273 e. The number of pyridine rings is 2. The van der Waals surface area contributed by atoms with Gasteiger partial charge in [-0.1, -0.05) is 11.6 Å². The summed E-state index contributed by atoms with van der Waals surface area (Å²) in [5, 5.41) is 2.65. The monoisotopic (exact) mass is 345 g/mol. The summed E-state index contributed by atoms with van der Waals surface area (Å²) in [7, 11) is 0. The number of halogens is 1. The van der Waals surface area contributed by atoms with E-state index in [1.807, 2.05) is 26.0 Å². The van der Waals surface area contributed by atoms with Crippen LogP contribution in [-0.4, -0.2) is 21.1 Å². The zero-order valence-electron chi connectivity index (χ0n) is 13.5. The van der Waals surface area contributed by atoms with Crippen molar-refractivity contribution in [1.29, 1.82) is 0 Å². The molecule has 3 rings (SSSR count). The van der Waals surface area contributed by atoms with Gasteiger partial charge in [0.05, 0.1) is 16.9 Å². The summed E-state index contributed by atoms with van der Waals surface area (Å²) in [6, 6.07) is 5.00. The Morgan fingerprint density at radius 3 is 2.88 bits per heavy atom. The molecule has 24 heavy (non-hydrogen) atoms. The molecule has 0 saturated carbocycles. The first-order valence-corrected chi connectivity index (χ1v) is 7.72. The quantitative estimate of drug-likeness (QED) is 0.908. The Morgan fingerprint density at radius 1 is 1.42 bits per heavy atom. The van der Waals surface area contributed by atoms with Gasteiger partial charge in [0.2, 0.25) is 11.8 Å². The number of ether oxygens (including phenoxy) is 1. The van der Waals surface area contributed by atoms with Crippen molar-refractivity contribution in [3.05, 3.63) is 57.6 Å². The van der Waals surface area contributed by atoms with Crippen LogP contribution in [0, 0.1) is 0 Å². The van der Waals surface area contributed by atoms with Crippen LogP contribution in [-0.2, 0) is 4.79 Å². The molecule has 7 heteroatoms. The first-order chi connectivity index (χ1) is 11.3. The Balaban J connectivity index is 2.24. The van der Waals surface area contributed by atoms with Crippen molar-refractivity contribution >= 4 is 28.9 Å². The molecule has 0 saturated heterocycles. The average molecular weight is 346 g/mol. The van der Waals surface area contributed by atoms with Crippen molar-refractivity contribution in [1.82, 2.24) is 9.55 Å². The highest BCUT2D eigenvalue weighted by molar-refractivity contribution is 6.30. The van der Waals surface area contributed by atoms with Crippen LogP contribution in [0.3, 0.4) is 0 Å². The van der Waals surface area contributed by atoms with Crippen LogP contribution in [0.25, 0.3) is 5.70 Å². The Morgan fingerprint density at radius 2 is 2.17 bits per heavy atom. The molecule has 0 unspecified atom stereocenters. The highest BCUT2D eigenvalue weighted by Crippen LogP contribution is 2.34. The molecule has 1 N–H and O–H groups in total. The Kier molecular flexibility index (Phi) is 3.93. The second-order valence-corrected chi connectivity index (χ2v) is 6.43. The van der Waals surface area contributed by atoms with Gasteiger partial charge in [-0.2, -0.15) is 0 Å². The third-order valence-corrected chi connectivity index (χ3v) is 3.72. The molecule has 0 aromatic carbocycles. The lowest BCUT2D eigenvalue weighted by molar-refractivity contribution is -0.114. The smallest absolute Gasteiger partial charge is 0.273 e. The Bertz CT molecular complexity index is 916. The molecule has 0 bridgehead atoms. The summed E-state index contributed by atoms with van der Waals surface area (Å²) in [5.74, 6) is 0.188. The third-order valence-electron chi connectivity index (χ3n) is 3.44. The number of amides is 1. The van der Waals surface area contributed by atoms with Crippen molar-refractivity contribution < 1.29 is 9.53 Å². The molecule has 2 aromatic heterocycles. The van der Waals surface area contributed by atoms with Crippen molar-refractivity contribution in [3.8, 4) is 5.88 Å². The zero-order valence-corrected chi connectivity index (χ0v) is 14.2. The first-order valence-electron chi connectivity index (χ1n) is 7.34. The normalized spacial score (nSPS) is 15.1. The van der Waals surface area contributed by atoms with Gasteiger partial charge in [0.1, 0.15) is 10.6 Å². The van der Waals surface area contributed by atoms with Crippen LogP contribution in [0.4, 0.5) is 5.69 Å². The topological polar surface area (TPSA) is 73.2 Å². The van der Waals surface area contributed by atoms with Crippen LogP contribution in [0.2, 0.25) is 5.02 Å². The van der Waals surface area contributed by atoms with E-state index in [2.05, 4.69) is 10.3 Å². The fraction of sp³-hybridized carbons (Fsp3) is 0.235. The summed E-state index contributed by atoms with van der Waals surface area (Å²) in [4.78, 5) is 28.1. The molecule has 6 nitrogen and oxygen atoms in total. The second-order valence-electron chi connectivity index (χ2n) is 6.02. The number of anilines is 1. The summed E-state index contributed by atoms with van der Waals surface area (Å²) < 4.78 is 7.23. The van der Waals surface area contributed by atoms with E-state index in [0.29, 0.717) is 22.8 Å². The van der Waals surface area contributed by atoms with Crippen molar-refractivity contribution in [3.63, 3.8) is 0 Å². The number of hydrogen-bond donors (Lipinski definition) is 1. The van der Waals surface area contributed by atoms with Gasteiger partial charge in [0.15, 0.2) is 0 Å². The number of aromatic nitrogens is 2. The van der Waals surface area contributed by atoms with Crippen LogP contribution < -0.4 is 15.6 Å². The standard InChI is InChI=1S/C17H16ClN3O3/c1-10(22)20-11-7-13(18)16(23)21(9-11)14-8-17(2,3)24-15-12(14)5-4-6-19-15/h4-9H,1-3H3,(H,20,22). The predicted molar refractivity (Wildman–Crippen MR) is 92.3 cm³/mol. The summed E-state index contributed by atoms with van der Waals surface area (Å²) in [5.41, 5.74) is 0.683. The van der Waals surface area contributed by atoms with Crippen LogP contribution >= 0.6 is 11.6 Å². The lowest BCUT2D eigenvalue weighted by Gasteiger charge is -2.30. The average Bonchev–Trinajstić information content (AvgIpc) is 2.48. The summed E-state index contributed by atoms with van der Waals surface area (Å²) in [6.45, 7) is 5.13. The Hall–Kier alpha value is -2.60. The van der Waals surface area contributed by atoms with E-state index in [1.165, 1.54) is 17.6 Å². The molecule has 2 aromatic rings. The largest absolute Gasteiger partial charge is 0.467 e. The van der Waals surface area contributed by atoms with E-state index in [-0.39, 0.29) is 16.5 Å². The second kappa shape index (κ2) is 5.79. The van der Waals surface area contributed by atoms with E-state index in [9.17, 15) is 9.59 Å². The van der Waals surface area contributed by atoms with Gasteiger partial charge < -0.3 is 10.1 Å².